The van der Waals surface area contributed by atoms with E-state index in [0.717, 1.165) is 64.0 Å². The summed E-state index contributed by atoms with van der Waals surface area (Å²) in [6, 6.07) is 20.6. The number of halogens is 2. The van der Waals surface area contributed by atoms with Gasteiger partial charge in [0.25, 0.3) is 0 Å². The van der Waals surface area contributed by atoms with Gasteiger partial charge in [-0.15, -0.1) is 11.3 Å². The van der Waals surface area contributed by atoms with Crippen LogP contribution in [0.5, 0.6) is 6.01 Å². The Morgan fingerprint density at radius 2 is 1.72 bits per heavy atom. The molecule has 0 spiro atoms. The number of aliphatic hydroxyl groups excluding tert-OH is 1. The molecule has 83 heavy (non-hydrogen) atoms. The molecule has 0 aliphatic carbocycles. The number of piperazine rings is 1. The summed E-state index contributed by atoms with van der Waals surface area (Å²) in [6.07, 6.45) is 1.92. The third-order valence-corrected chi connectivity index (χ3v) is 17.1. The second kappa shape index (κ2) is 26.6. The third-order valence-electron chi connectivity index (χ3n) is 15.8. The number of rotatable bonds is 20. The zero-order valence-corrected chi connectivity index (χ0v) is 49.4. The fourth-order valence-electron chi connectivity index (χ4n) is 11.4. The number of carbonyl (C=O) groups is 4. The number of aliphatic hydroxyl groups is 1. The number of amides is 4. The summed E-state index contributed by atoms with van der Waals surface area (Å²) in [4.78, 5) is 76.1. The van der Waals surface area contributed by atoms with Crippen molar-refractivity contribution in [3.05, 3.63) is 113 Å². The molecule has 3 aliphatic heterocycles. The smallest absolute Gasteiger partial charge is 0.319 e. The minimum Gasteiger partial charge on any atom is -0.462 e. The molecule has 3 saturated heterocycles. The Morgan fingerprint density at radius 1 is 0.976 bits per heavy atom. The van der Waals surface area contributed by atoms with Gasteiger partial charge in [0.15, 0.2) is 5.82 Å². The molecular formula is C62H72ClFN10O8S. The van der Waals surface area contributed by atoms with Gasteiger partial charge >= 0.3 is 6.01 Å². The maximum atomic E-state index is 17.3. The minimum atomic E-state index is -1.00. The van der Waals surface area contributed by atoms with E-state index in [1.807, 2.05) is 113 Å². The van der Waals surface area contributed by atoms with Crippen molar-refractivity contribution in [3.8, 4) is 33.6 Å². The molecule has 9 rings (SSSR count). The number of benzene rings is 4. The predicted octanol–water partition coefficient (Wildman–Crippen LogP) is 8.35. The molecule has 2 aromatic heterocycles. The van der Waals surface area contributed by atoms with Gasteiger partial charge in [0.1, 0.15) is 36.6 Å². The second-order valence-corrected chi connectivity index (χ2v) is 23.9. The van der Waals surface area contributed by atoms with Gasteiger partial charge in [0.05, 0.1) is 71.1 Å². The van der Waals surface area contributed by atoms with Gasteiger partial charge in [-0.2, -0.15) is 15.2 Å². The minimum absolute atomic E-state index is 0.0191. The van der Waals surface area contributed by atoms with E-state index in [2.05, 4.69) is 38.1 Å². The van der Waals surface area contributed by atoms with Gasteiger partial charge in [0.2, 0.25) is 23.6 Å². The molecule has 0 unspecified atom stereocenters. The van der Waals surface area contributed by atoms with Gasteiger partial charge in [-0.05, 0) is 84.2 Å². The zero-order chi connectivity index (χ0) is 59.1. The van der Waals surface area contributed by atoms with E-state index in [4.69, 9.17) is 30.8 Å². The van der Waals surface area contributed by atoms with Crippen LogP contribution in [-0.4, -0.2) is 161 Å². The SMILES string of the molecule is C=CC(=O)N1CCN(c2nc(OCCN3CCC(OCCOCC(=O)N[C@H](C(=O)N4C[C@H](O)C[C@H]4C(=O)N[C@@H](C)c4ccc(-c5scnc5C)cc4)C(C)(C)C)CC3)nc3c(F)c(-c4cccc5cccc(C)c45)c(Cl)cc23)C[C@@H]1CC#N. The lowest BCUT2D eigenvalue weighted by Crippen LogP contribution is -2.58. The van der Waals surface area contributed by atoms with Crippen LogP contribution in [0.25, 0.3) is 43.2 Å². The number of hydrogen-bond donors (Lipinski definition) is 3. The van der Waals surface area contributed by atoms with Crippen LogP contribution in [0.15, 0.2) is 84.9 Å². The molecule has 3 N–H and O–H groups in total. The monoisotopic (exact) mass is 1170 g/mol. The number of β-amino-alcohol motifs (C(OH)–C–C–N with tert-alkyl or cyclic N) is 1. The lowest BCUT2D eigenvalue weighted by Gasteiger charge is -2.41. The van der Waals surface area contributed by atoms with Crippen LogP contribution in [0, 0.1) is 36.4 Å². The van der Waals surface area contributed by atoms with Crippen molar-refractivity contribution < 1.29 is 42.9 Å². The Balaban J connectivity index is 0.759. The van der Waals surface area contributed by atoms with Gasteiger partial charge in [0, 0.05) is 63.2 Å². The number of nitrogens with zero attached hydrogens (tertiary/aromatic N) is 8. The molecule has 438 valence electrons. The summed E-state index contributed by atoms with van der Waals surface area (Å²) in [5, 5.41) is 28.7. The van der Waals surface area contributed by atoms with Crippen molar-refractivity contribution in [2.45, 2.75) is 104 Å². The number of hydrogen-bond acceptors (Lipinski definition) is 15. The highest BCUT2D eigenvalue weighted by Gasteiger charge is 2.45. The van der Waals surface area contributed by atoms with Crippen LogP contribution in [-0.2, 0) is 28.7 Å². The van der Waals surface area contributed by atoms with Crippen molar-refractivity contribution in [2.75, 3.05) is 77.1 Å². The van der Waals surface area contributed by atoms with E-state index in [1.54, 1.807) is 22.3 Å². The first kappa shape index (κ1) is 60.5. The number of piperidine rings is 1. The number of anilines is 1. The van der Waals surface area contributed by atoms with E-state index in [-0.39, 0.29) is 98.4 Å². The number of nitrogens with one attached hydrogen (secondary N) is 2. The van der Waals surface area contributed by atoms with E-state index in [0.29, 0.717) is 36.4 Å². The molecule has 0 bridgehead atoms. The summed E-state index contributed by atoms with van der Waals surface area (Å²) >= 11 is 8.59. The quantitative estimate of drug-likeness (QED) is 0.0484. The molecule has 4 aromatic carbocycles. The molecule has 0 radical (unpaired) electrons. The van der Waals surface area contributed by atoms with Crippen LogP contribution in [0.1, 0.15) is 76.2 Å². The number of aryl methyl sites for hydroxylation is 2. The zero-order valence-electron chi connectivity index (χ0n) is 47.8. The molecule has 21 heteroatoms. The van der Waals surface area contributed by atoms with Gasteiger partial charge in [-0.1, -0.05) is 99.6 Å². The molecule has 4 amide bonds. The Bertz CT molecular complexity index is 3390. The van der Waals surface area contributed by atoms with Crippen molar-refractivity contribution in [3.63, 3.8) is 0 Å². The Labute approximate surface area is 492 Å². The van der Waals surface area contributed by atoms with Crippen LogP contribution >= 0.6 is 22.9 Å². The van der Waals surface area contributed by atoms with Crippen molar-refractivity contribution >= 4 is 74.1 Å². The number of nitriles is 1. The number of ether oxygens (including phenoxy) is 3. The average Bonchev–Trinajstić information content (AvgIpc) is 4.21. The third kappa shape index (κ3) is 13.9. The van der Waals surface area contributed by atoms with Crippen molar-refractivity contribution in [1.82, 2.24) is 40.3 Å². The number of likely N-dealkylation sites (tertiary alicyclic amines) is 2. The first-order valence-electron chi connectivity index (χ1n) is 28.2. The van der Waals surface area contributed by atoms with Crippen LogP contribution in [0.4, 0.5) is 10.2 Å². The fourth-order valence-corrected chi connectivity index (χ4v) is 12.5. The normalized spacial score (nSPS) is 18.7. The number of aromatic nitrogens is 3. The number of thiazole rings is 1. The summed E-state index contributed by atoms with van der Waals surface area (Å²) in [5.41, 5.74) is 5.79. The molecule has 3 aliphatic rings. The highest BCUT2D eigenvalue weighted by molar-refractivity contribution is 7.13. The van der Waals surface area contributed by atoms with Crippen molar-refractivity contribution in [1.29, 1.82) is 5.26 Å². The van der Waals surface area contributed by atoms with E-state index in [9.17, 15) is 29.5 Å². The highest BCUT2D eigenvalue weighted by atomic mass is 35.5. The maximum Gasteiger partial charge on any atom is 0.319 e. The maximum absolute atomic E-state index is 17.3. The number of carbonyl (C=O) groups excluding carboxylic acids is 4. The Hall–Kier alpha value is -7.12. The van der Waals surface area contributed by atoms with Gasteiger partial charge < -0.3 is 44.7 Å². The first-order valence-corrected chi connectivity index (χ1v) is 29.5. The fraction of sp³-hybridized carbons (Fsp3) is 0.452. The molecule has 5 atom stereocenters. The lowest BCUT2D eigenvalue weighted by molar-refractivity contribution is -0.144. The second-order valence-electron chi connectivity index (χ2n) is 22.6. The summed E-state index contributed by atoms with van der Waals surface area (Å²) < 4.78 is 35.4. The lowest BCUT2D eigenvalue weighted by atomic mass is 9.85. The summed E-state index contributed by atoms with van der Waals surface area (Å²) in [5.74, 6) is -1.86. The number of fused-ring (bicyclic) bond motifs is 2. The van der Waals surface area contributed by atoms with Crippen LogP contribution in [0.3, 0.4) is 0 Å². The van der Waals surface area contributed by atoms with E-state index in [1.165, 1.54) is 11.0 Å². The molecule has 3 fully saturated rings. The summed E-state index contributed by atoms with van der Waals surface area (Å²) in [7, 11) is 0. The highest BCUT2D eigenvalue weighted by Crippen LogP contribution is 2.42. The molecular weight excluding hydrogens is 1100 g/mol. The van der Waals surface area contributed by atoms with Gasteiger partial charge in [-0.3, -0.25) is 24.1 Å². The van der Waals surface area contributed by atoms with E-state index >= 15 is 4.39 Å². The topological polar surface area (TPSA) is 216 Å². The average molecular weight is 1170 g/mol. The molecule has 6 aromatic rings. The van der Waals surface area contributed by atoms with Gasteiger partial charge in [-0.25, -0.2) is 9.37 Å². The predicted molar refractivity (Wildman–Crippen MR) is 318 cm³/mol. The summed E-state index contributed by atoms with van der Waals surface area (Å²) in [6.45, 7) is 18.1. The Kier molecular flexibility index (Phi) is 19.4. The van der Waals surface area contributed by atoms with Crippen LogP contribution in [0.2, 0.25) is 5.02 Å². The first-order chi connectivity index (χ1) is 39.8. The van der Waals surface area contributed by atoms with Crippen LogP contribution < -0.4 is 20.3 Å². The van der Waals surface area contributed by atoms with E-state index < -0.39 is 47.3 Å². The molecule has 0 saturated carbocycles. The Morgan fingerprint density at radius 3 is 2.42 bits per heavy atom. The van der Waals surface area contributed by atoms with Crippen molar-refractivity contribution in [2.24, 2.45) is 5.41 Å². The molecule has 5 heterocycles. The largest absolute Gasteiger partial charge is 0.462 e. The molecule has 18 nitrogen and oxygen atoms in total. The standard InChI is InChI=1S/C62H72ClFN10O8S/c1-8-51(77)73-26-25-72(33-43(73)19-22-65)58-47-32-48(63)53(46-14-10-13-41-12-9-11-37(2)52(41)46)54(64)55(47)69-61(70-58)82-28-27-71-23-20-45(21-24-71)81-30-29-80-35-50(76)68-57(62(5,6)7)60(79)74-34-44(75)31-49(74)59(78)67-38(3)40-15-17-42(18-16-40)56-39(4)66-36-83-56/h8-18,32,36,38,43-45,49,57,75H,1,19-21,23-31,33-35H2,2-7H3,(H,67,78)(H,68,76)/t38-,43-,44+,49-,57+/m0/s1.